The minimum atomic E-state index is 0.671. The molecule has 28 heavy (non-hydrogen) atoms. The summed E-state index contributed by atoms with van der Waals surface area (Å²) in [5, 5.41) is 0. The van der Waals surface area contributed by atoms with Crippen LogP contribution in [0.15, 0.2) is 64.6 Å². The number of pyridine rings is 1. The summed E-state index contributed by atoms with van der Waals surface area (Å²) in [6.07, 6.45) is 0. The maximum atomic E-state index is 4.70. The van der Waals surface area contributed by atoms with Crippen molar-refractivity contribution >= 4 is 23.1 Å². The molecule has 0 saturated heterocycles. The highest BCUT2D eigenvalue weighted by Crippen LogP contribution is 2.19. The van der Waals surface area contributed by atoms with Crippen molar-refractivity contribution in [3.05, 3.63) is 88.0 Å². The van der Waals surface area contributed by atoms with Crippen LogP contribution in [0.25, 0.3) is 0 Å². The van der Waals surface area contributed by atoms with Crippen LogP contribution in [-0.2, 0) is 0 Å². The van der Waals surface area contributed by atoms with Crippen LogP contribution < -0.4 is 0 Å². The first-order valence-electron chi connectivity index (χ1n) is 9.56. The molecule has 1 aromatic heterocycles. The maximum Gasteiger partial charge on any atom is 0.154 e. The molecule has 0 radical (unpaired) electrons. The van der Waals surface area contributed by atoms with Crippen LogP contribution in [0.2, 0.25) is 0 Å². The number of hydrogen-bond donors (Lipinski definition) is 0. The lowest BCUT2D eigenvalue weighted by Gasteiger charge is -2.06. The molecule has 142 valence electrons. The highest BCUT2D eigenvalue weighted by atomic mass is 15.0. The summed E-state index contributed by atoms with van der Waals surface area (Å²) in [5.41, 5.74) is 9.23. The van der Waals surface area contributed by atoms with Gasteiger partial charge >= 0.3 is 0 Å². The van der Waals surface area contributed by atoms with Crippen LogP contribution in [0.4, 0.5) is 11.6 Å². The van der Waals surface area contributed by atoms with Crippen LogP contribution in [0, 0.1) is 27.7 Å². The maximum absolute atomic E-state index is 4.70. The van der Waals surface area contributed by atoms with E-state index in [9.17, 15) is 0 Å². The van der Waals surface area contributed by atoms with Crippen molar-refractivity contribution in [1.82, 2.24) is 4.98 Å². The Balaban J connectivity index is 1.89. The molecule has 0 saturated carbocycles. The van der Waals surface area contributed by atoms with Crippen LogP contribution in [-0.4, -0.2) is 16.4 Å². The van der Waals surface area contributed by atoms with Gasteiger partial charge in [-0.25, -0.2) is 15.0 Å². The fourth-order valence-electron chi connectivity index (χ4n) is 2.94. The first-order chi connectivity index (χ1) is 13.3. The predicted molar refractivity (Wildman–Crippen MR) is 120 cm³/mol. The quantitative estimate of drug-likeness (QED) is 0.478. The van der Waals surface area contributed by atoms with E-state index in [1.165, 1.54) is 22.3 Å². The van der Waals surface area contributed by atoms with Crippen molar-refractivity contribution < 1.29 is 0 Å². The highest BCUT2D eigenvalue weighted by molar-refractivity contribution is 6.01. The summed E-state index contributed by atoms with van der Waals surface area (Å²) in [6.45, 7) is 12.5. The van der Waals surface area contributed by atoms with Crippen molar-refractivity contribution in [3.63, 3.8) is 0 Å². The van der Waals surface area contributed by atoms with Gasteiger partial charge < -0.3 is 0 Å². The smallest absolute Gasteiger partial charge is 0.154 e. The van der Waals surface area contributed by atoms with Gasteiger partial charge in [-0.3, -0.25) is 0 Å². The van der Waals surface area contributed by atoms with Gasteiger partial charge in [0.15, 0.2) is 11.6 Å². The summed E-state index contributed by atoms with van der Waals surface area (Å²) in [7, 11) is 0. The lowest BCUT2D eigenvalue weighted by atomic mass is 10.0. The number of aryl methyl sites for hydroxylation is 4. The Labute approximate surface area is 167 Å². The molecule has 0 bridgehead atoms. The van der Waals surface area contributed by atoms with Crippen molar-refractivity contribution in [1.29, 1.82) is 0 Å². The fourth-order valence-corrected chi connectivity index (χ4v) is 2.94. The third-order valence-electron chi connectivity index (χ3n) is 5.13. The molecule has 0 aliphatic heterocycles. The van der Waals surface area contributed by atoms with Gasteiger partial charge in [0.25, 0.3) is 0 Å². The van der Waals surface area contributed by atoms with E-state index in [1.807, 2.05) is 32.0 Å². The first-order valence-corrected chi connectivity index (χ1v) is 9.56. The Morgan fingerprint density at radius 1 is 0.607 bits per heavy atom. The third kappa shape index (κ3) is 4.61. The van der Waals surface area contributed by atoms with Crippen molar-refractivity contribution in [2.75, 3.05) is 0 Å². The monoisotopic (exact) mass is 369 g/mol. The fraction of sp³-hybridized carbons (Fsp3) is 0.240. The van der Waals surface area contributed by atoms with Gasteiger partial charge in [0.05, 0.1) is 0 Å². The van der Waals surface area contributed by atoms with Crippen LogP contribution in [0.5, 0.6) is 0 Å². The molecule has 0 atom stereocenters. The summed E-state index contributed by atoms with van der Waals surface area (Å²) in [4.78, 5) is 14.0. The molecule has 0 fully saturated rings. The number of rotatable bonds is 4. The van der Waals surface area contributed by atoms with Gasteiger partial charge in [0, 0.05) is 11.4 Å². The third-order valence-corrected chi connectivity index (χ3v) is 5.13. The molecule has 0 aliphatic carbocycles. The molecule has 0 N–H and O–H groups in total. The Hall–Kier alpha value is -3.07. The van der Waals surface area contributed by atoms with Gasteiger partial charge in [-0.15, -0.1) is 0 Å². The molecule has 3 heteroatoms. The van der Waals surface area contributed by atoms with Crippen molar-refractivity contribution in [3.8, 4) is 0 Å². The lowest BCUT2D eigenvalue weighted by molar-refractivity contribution is 1.23. The molecular formula is C25H27N3. The summed E-state index contributed by atoms with van der Waals surface area (Å²) in [5.74, 6) is 1.34. The minimum Gasteiger partial charge on any atom is -0.233 e. The molecule has 1 heterocycles. The second kappa shape index (κ2) is 8.30. The Kier molecular flexibility index (Phi) is 5.84. The number of nitrogens with zero attached hydrogens (tertiary/aromatic N) is 3. The van der Waals surface area contributed by atoms with E-state index in [-0.39, 0.29) is 0 Å². The Bertz CT molecular complexity index is 992. The predicted octanol–water partition coefficient (Wildman–Crippen LogP) is 6.60. The van der Waals surface area contributed by atoms with Gasteiger partial charge in [0.1, 0.15) is 0 Å². The van der Waals surface area contributed by atoms with E-state index in [2.05, 4.69) is 69.1 Å². The number of aromatic nitrogens is 1. The SMILES string of the molecule is CC(=Nc1cccc(N=C(C)c2ccc(C)c(C)c2)n1)c1ccc(C)c(C)c1. The van der Waals surface area contributed by atoms with Gasteiger partial charge in [-0.2, -0.15) is 0 Å². The second-order valence-corrected chi connectivity index (χ2v) is 7.35. The number of aliphatic imine (C=N–C) groups is 2. The standard InChI is InChI=1S/C25H27N3/c1-16-10-12-22(14-18(16)3)20(5)26-24-8-7-9-25(28-24)27-21(6)23-13-11-17(2)19(4)15-23/h7-15H,1-6H3. The molecule has 0 spiro atoms. The molecule has 3 nitrogen and oxygen atoms in total. The highest BCUT2D eigenvalue weighted by Gasteiger charge is 2.04. The zero-order valence-corrected chi connectivity index (χ0v) is 17.5. The molecular weight excluding hydrogens is 342 g/mol. The molecule has 0 aliphatic rings. The van der Waals surface area contributed by atoms with E-state index >= 15 is 0 Å². The normalized spacial score (nSPS) is 12.4. The van der Waals surface area contributed by atoms with Crippen LogP contribution in [0.1, 0.15) is 47.2 Å². The minimum absolute atomic E-state index is 0.671. The zero-order chi connectivity index (χ0) is 20.3. The molecule has 3 rings (SSSR count). The average Bonchev–Trinajstić information content (AvgIpc) is 2.66. The molecule has 2 aromatic carbocycles. The Morgan fingerprint density at radius 2 is 1.04 bits per heavy atom. The zero-order valence-electron chi connectivity index (χ0n) is 17.5. The molecule has 0 amide bonds. The van der Waals surface area contributed by atoms with E-state index in [1.54, 1.807) is 0 Å². The summed E-state index contributed by atoms with van der Waals surface area (Å²) in [6, 6.07) is 18.6. The van der Waals surface area contributed by atoms with E-state index in [0.717, 1.165) is 22.6 Å². The number of benzene rings is 2. The van der Waals surface area contributed by atoms with E-state index in [0.29, 0.717) is 11.6 Å². The van der Waals surface area contributed by atoms with E-state index in [4.69, 9.17) is 9.98 Å². The topological polar surface area (TPSA) is 37.6 Å². The van der Waals surface area contributed by atoms with Crippen molar-refractivity contribution in [2.24, 2.45) is 9.98 Å². The summed E-state index contributed by atoms with van der Waals surface area (Å²) < 4.78 is 0. The van der Waals surface area contributed by atoms with Gasteiger partial charge in [-0.1, -0.05) is 30.3 Å². The average molecular weight is 370 g/mol. The largest absolute Gasteiger partial charge is 0.233 e. The number of hydrogen-bond acceptors (Lipinski definition) is 3. The van der Waals surface area contributed by atoms with Gasteiger partial charge in [0.2, 0.25) is 0 Å². The van der Waals surface area contributed by atoms with Gasteiger partial charge in [-0.05, 0) is 99.2 Å². The van der Waals surface area contributed by atoms with Crippen LogP contribution >= 0.6 is 0 Å². The first kappa shape index (κ1) is 19.7. The van der Waals surface area contributed by atoms with E-state index < -0.39 is 0 Å². The Morgan fingerprint density at radius 3 is 1.43 bits per heavy atom. The van der Waals surface area contributed by atoms with Crippen molar-refractivity contribution in [2.45, 2.75) is 41.5 Å². The second-order valence-electron chi connectivity index (χ2n) is 7.35. The lowest BCUT2D eigenvalue weighted by Crippen LogP contribution is -1.97. The summed E-state index contributed by atoms with van der Waals surface area (Å²) >= 11 is 0. The molecule has 3 aromatic rings. The molecule has 0 unspecified atom stereocenters. The van der Waals surface area contributed by atoms with Crippen LogP contribution in [0.3, 0.4) is 0 Å².